The summed E-state index contributed by atoms with van der Waals surface area (Å²) in [6.07, 6.45) is 1.78. The Morgan fingerprint density at radius 2 is 2.19 bits per heavy atom. The number of oxazole rings is 1. The lowest BCUT2D eigenvalue weighted by Crippen LogP contribution is -2.03. The minimum absolute atomic E-state index is 0.493. The van der Waals surface area contributed by atoms with Crippen molar-refractivity contribution in [2.45, 2.75) is 6.92 Å². The highest BCUT2D eigenvalue weighted by Crippen LogP contribution is 2.23. The van der Waals surface area contributed by atoms with Crippen molar-refractivity contribution in [3.8, 4) is 11.6 Å². The highest BCUT2D eigenvalue weighted by Gasteiger charge is 2.15. The molecule has 5 nitrogen and oxygen atoms in total. The molecule has 0 bridgehead atoms. The van der Waals surface area contributed by atoms with Crippen molar-refractivity contribution < 1.29 is 4.42 Å². The average molecular weight is 215 g/mol. The molecule has 0 aromatic carbocycles. The molecule has 16 heavy (non-hydrogen) atoms. The standard InChI is InChI=1S/C11H9N3O2/c1-6-3-7-4-8-10(13-11(15)16-8)14(2)9(7)12-5-6/h3-5H,1-2H3. The van der Waals surface area contributed by atoms with Gasteiger partial charge in [-0.25, -0.2) is 9.78 Å². The molecule has 0 fully saturated rings. The number of rotatable bonds is 0. The second-order valence-electron chi connectivity index (χ2n) is 3.80. The van der Waals surface area contributed by atoms with Crippen molar-refractivity contribution in [2.75, 3.05) is 0 Å². The topological polar surface area (TPSA) is 60.9 Å². The van der Waals surface area contributed by atoms with E-state index < -0.39 is 5.76 Å². The summed E-state index contributed by atoms with van der Waals surface area (Å²) >= 11 is 0. The van der Waals surface area contributed by atoms with Gasteiger partial charge in [0.05, 0.1) is 0 Å². The molecule has 1 aromatic rings. The Balaban J connectivity index is 2.55. The first kappa shape index (κ1) is 9.08. The zero-order valence-electron chi connectivity index (χ0n) is 8.89. The number of pyridine rings is 2. The summed E-state index contributed by atoms with van der Waals surface area (Å²) in [5, 5.41) is 0.936. The fourth-order valence-electron chi connectivity index (χ4n) is 1.85. The van der Waals surface area contributed by atoms with E-state index in [1.807, 2.05) is 20.0 Å². The van der Waals surface area contributed by atoms with Crippen LogP contribution in [0.3, 0.4) is 0 Å². The smallest absolute Gasteiger partial charge is 0.405 e. The van der Waals surface area contributed by atoms with Gasteiger partial charge in [0.15, 0.2) is 11.6 Å². The second-order valence-corrected chi connectivity index (χ2v) is 3.80. The Bertz CT molecular complexity index is 711. The van der Waals surface area contributed by atoms with E-state index in [-0.39, 0.29) is 0 Å². The third kappa shape index (κ3) is 1.14. The van der Waals surface area contributed by atoms with Crippen LogP contribution in [-0.2, 0) is 7.05 Å². The molecular formula is C11H9N3O2. The maximum Gasteiger partial charge on any atom is 0.441 e. The highest BCUT2D eigenvalue weighted by atomic mass is 16.4. The molecule has 3 rings (SSSR count). The van der Waals surface area contributed by atoms with Crippen LogP contribution < -0.4 is 5.76 Å². The lowest BCUT2D eigenvalue weighted by Gasteiger charge is -2.08. The summed E-state index contributed by atoms with van der Waals surface area (Å²) in [5.74, 6) is 0.443. The summed E-state index contributed by atoms with van der Waals surface area (Å²) in [7, 11) is 1.81. The molecule has 1 aromatic heterocycles. The van der Waals surface area contributed by atoms with Crippen LogP contribution in [0.5, 0.6) is 0 Å². The molecule has 0 amide bonds. The van der Waals surface area contributed by atoms with E-state index >= 15 is 0 Å². The summed E-state index contributed by atoms with van der Waals surface area (Å²) in [5.41, 5.74) is 1.85. The van der Waals surface area contributed by atoms with E-state index in [1.165, 1.54) is 0 Å². The van der Waals surface area contributed by atoms with E-state index in [9.17, 15) is 4.79 Å². The minimum Gasteiger partial charge on any atom is -0.405 e. The molecular weight excluding hydrogens is 206 g/mol. The van der Waals surface area contributed by atoms with Crippen molar-refractivity contribution in [3.05, 3.63) is 34.4 Å². The van der Waals surface area contributed by atoms with Crippen LogP contribution in [-0.4, -0.2) is 14.5 Å². The fraction of sp³-hybridized carbons (Fsp3) is 0.182. The number of fused-ring (bicyclic) bond motifs is 2. The molecule has 0 aliphatic carbocycles. The zero-order chi connectivity index (χ0) is 11.3. The number of aryl methyl sites for hydroxylation is 2. The summed E-state index contributed by atoms with van der Waals surface area (Å²) in [6.45, 7) is 1.97. The van der Waals surface area contributed by atoms with Gasteiger partial charge in [0, 0.05) is 18.6 Å². The van der Waals surface area contributed by atoms with Crippen LogP contribution in [0, 0.1) is 6.92 Å². The third-order valence-electron chi connectivity index (χ3n) is 2.57. The van der Waals surface area contributed by atoms with Gasteiger partial charge in [-0.3, -0.25) is 0 Å². The molecule has 5 heteroatoms. The first-order valence-electron chi connectivity index (χ1n) is 4.88. The van der Waals surface area contributed by atoms with E-state index in [0.29, 0.717) is 11.6 Å². The molecule has 0 saturated carbocycles. The molecule has 0 spiro atoms. The van der Waals surface area contributed by atoms with E-state index in [0.717, 1.165) is 16.6 Å². The van der Waals surface area contributed by atoms with Gasteiger partial charge in [0.1, 0.15) is 5.65 Å². The predicted octanol–water partition coefficient (Wildman–Crippen LogP) is 1.33. The minimum atomic E-state index is -0.572. The van der Waals surface area contributed by atoms with Gasteiger partial charge < -0.3 is 8.98 Å². The average Bonchev–Trinajstić information content (AvgIpc) is 2.59. The SMILES string of the molecule is Cc1cnc2c(c1)cc1oc(=O)nc-1n2C. The monoisotopic (exact) mass is 215 g/mol. The van der Waals surface area contributed by atoms with E-state index in [4.69, 9.17) is 4.42 Å². The van der Waals surface area contributed by atoms with E-state index in [1.54, 1.807) is 16.8 Å². The summed E-state index contributed by atoms with van der Waals surface area (Å²) in [6, 6.07) is 3.79. The van der Waals surface area contributed by atoms with Crippen molar-refractivity contribution in [3.63, 3.8) is 0 Å². The molecule has 0 N–H and O–H groups in total. The van der Waals surface area contributed by atoms with E-state index in [2.05, 4.69) is 9.97 Å². The van der Waals surface area contributed by atoms with Crippen LogP contribution in [0.4, 0.5) is 0 Å². The first-order valence-corrected chi connectivity index (χ1v) is 4.88. The van der Waals surface area contributed by atoms with Crippen molar-refractivity contribution in [2.24, 2.45) is 7.05 Å². The maximum absolute atomic E-state index is 11.1. The van der Waals surface area contributed by atoms with Crippen LogP contribution in [0.1, 0.15) is 5.56 Å². The summed E-state index contributed by atoms with van der Waals surface area (Å²) in [4.78, 5) is 19.2. The Kier molecular flexibility index (Phi) is 1.65. The first-order chi connectivity index (χ1) is 7.65. The Morgan fingerprint density at radius 1 is 1.38 bits per heavy atom. The van der Waals surface area contributed by atoms with Gasteiger partial charge in [-0.1, -0.05) is 0 Å². The van der Waals surface area contributed by atoms with Crippen LogP contribution >= 0.6 is 0 Å². The Labute approximate surface area is 90.7 Å². The number of nitrogens with zero attached hydrogens (tertiary/aromatic N) is 3. The molecule has 0 radical (unpaired) electrons. The number of aromatic nitrogens is 3. The van der Waals surface area contributed by atoms with Gasteiger partial charge in [0.25, 0.3) is 0 Å². The quantitative estimate of drug-likeness (QED) is 0.567. The summed E-state index contributed by atoms with van der Waals surface area (Å²) < 4.78 is 6.74. The second kappa shape index (κ2) is 2.91. The van der Waals surface area contributed by atoms with Gasteiger partial charge in [-0.05, 0) is 24.6 Å². The van der Waals surface area contributed by atoms with Crippen molar-refractivity contribution in [1.29, 1.82) is 0 Å². The lowest BCUT2D eigenvalue weighted by molar-refractivity contribution is 0.530. The fourth-order valence-corrected chi connectivity index (χ4v) is 1.85. The van der Waals surface area contributed by atoms with Crippen LogP contribution in [0.15, 0.2) is 27.5 Å². The predicted molar refractivity (Wildman–Crippen MR) is 58.4 cm³/mol. The van der Waals surface area contributed by atoms with Gasteiger partial charge in [-0.2, -0.15) is 4.98 Å². The molecule has 2 aliphatic rings. The normalized spacial score (nSPS) is 11.4. The van der Waals surface area contributed by atoms with Crippen molar-refractivity contribution in [1.82, 2.24) is 14.5 Å². The largest absolute Gasteiger partial charge is 0.441 e. The molecule has 3 heterocycles. The Morgan fingerprint density at radius 3 is 3.00 bits per heavy atom. The van der Waals surface area contributed by atoms with Crippen LogP contribution in [0.2, 0.25) is 0 Å². The number of hydrogen-bond donors (Lipinski definition) is 0. The van der Waals surface area contributed by atoms with Gasteiger partial charge in [-0.15, -0.1) is 0 Å². The van der Waals surface area contributed by atoms with Crippen molar-refractivity contribution >= 4 is 11.0 Å². The lowest BCUT2D eigenvalue weighted by atomic mass is 10.2. The molecule has 0 unspecified atom stereocenters. The van der Waals surface area contributed by atoms with Gasteiger partial charge in [0.2, 0.25) is 0 Å². The Hall–Kier alpha value is -2.17. The molecule has 0 atom stereocenters. The van der Waals surface area contributed by atoms with Crippen LogP contribution in [0.25, 0.3) is 22.6 Å². The third-order valence-corrected chi connectivity index (χ3v) is 2.57. The number of hydrogen-bond acceptors (Lipinski definition) is 4. The molecule has 2 aliphatic heterocycles. The molecule has 80 valence electrons. The van der Waals surface area contributed by atoms with Gasteiger partial charge >= 0.3 is 5.76 Å². The highest BCUT2D eigenvalue weighted by molar-refractivity contribution is 5.81. The zero-order valence-corrected chi connectivity index (χ0v) is 8.89. The molecule has 0 saturated heterocycles. The maximum atomic E-state index is 11.1.